The number of aryl methyl sites for hydroxylation is 1. The molecule has 2 aromatic heterocycles. The first kappa shape index (κ1) is 14.7. The Hall–Kier alpha value is -2.70. The van der Waals surface area contributed by atoms with Crippen LogP contribution in [0.4, 0.5) is 11.5 Å². The first-order chi connectivity index (χ1) is 10.2. The number of aromatic nitrogens is 2. The molecule has 0 fully saturated rings. The average Bonchev–Trinajstić information content (AvgIpc) is 2.52. The van der Waals surface area contributed by atoms with Crippen molar-refractivity contribution < 1.29 is 9.66 Å². The normalized spacial score (nSPS) is 10.2. The van der Waals surface area contributed by atoms with Crippen LogP contribution in [0.25, 0.3) is 0 Å². The summed E-state index contributed by atoms with van der Waals surface area (Å²) in [6.07, 6.45) is 2.54. The van der Waals surface area contributed by atoms with Crippen LogP contribution in [-0.2, 0) is 13.0 Å². The predicted octanol–water partition coefficient (Wildman–Crippen LogP) is 2.57. The molecule has 7 nitrogen and oxygen atoms in total. The van der Waals surface area contributed by atoms with E-state index in [-0.39, 0.29) is 11.5 Å². The van der Waals surface area contributed by atoms with Crippen molar-refractivity contribution >= 4 is 11.5 Å². The van der Waals surface area contributed by atoms with Crippen molar-refractivity contribution in [1.82, 2.24) is 9.97 Å². The standard InChI is InChI=1S/C14H16N4O3/c1-3-10-5-4-8-15-11(10)9-16-14-12(18(19)20)6-7-13(17-14)21-2/h4-8H,3,9H2,1-2H3,(H,16,17). The molecule has 0 bridgehead atoms. The summed E-state index contributed by atoms with van der Waals surface area (Å²) < 4.78 is 5.00. The van der Waals surface area contributed by atoms with Crippen LogP contribution in [0.15, 0.2) is 30.5 Å². The number of methoxy groups -OCH3 is 1. The topological polar surface area (TPSA) is 90.2 Å². The van der Waals surface area contributed by atoms with E-state index >= 15 is 0 Å². The maximum absolute atomic E-state index is 11.0. The third kappa shape index (κ3) is 3.44. The van der Waals surface area contributed by atoms with E-state index < -0.39 is 4.92 Å². The second kappa shape index (κ2) is 6.65. The molecule has 0 aromatic carbocycles. The lowest BCUT2D eigenvalue weighted by atomic mass is 10.1. The van der Waals surface area contributed by atoms with Gasteiger partial charge in [-0.2, -0.15) is 4.98 Å². The maximum Gasteiger partial charge on any atom is 0.311 e. The first-order valence-electron chi connectivity index (χ1n) is 6.51. The van der Waals surface area contributed by atoms with Gasteiger partial charge >= 0.3 is 5.69 Å². The van der Waals surface area contributed by atoms with E-state index in [4.69, 9.17) is 4.74 Å². The summed E-state index contributed by atoms with van der Waals surface area (Å²) in [5, 5.41) is 14.0. The molecule has 0 aliphatic rings. The second-order valence-corrected chi connectivity index (χ2v) is 4.29. The monoisotopic (exact) mass is 288 g/mol. The van der Waals surface area contributed by atoms with Crippen molar-refractivity contribution in [3.63, 3.8) is 0 Å². The van der Waals surface area contributed by atoms with Gasteiger partial charge in [-0.25, -0.2) is 0 Å². The lowest BCUT2D eigenvalue weighted by Crippen LogP contribution is -2.08. The van der Waals surface area contributed by atoms with Crippen molar-refractivity contribution in [2.75, 3.05) is 12.4 Å². The number of hydrogen-bond acceptors (Lipinski definition) is 6. The van der Waals surface area contributed by atoms with Gasteiger partial charge in [0.15, 0.2) is 0 Å². The van der Waals surface area contributed by atoms with Crippen molar-refractivity contribution in [3.8, 4) is 5.88 Å². The van der Waals surface area contributed by atoms with Crippen LogP contribution >= 0.6 is 0 Å². The zero-order valence-electron chi connectivity index (χ0n) is 11.9. The Bertz CT molecular complexity index is 646. The Balaban J connectivity index is 2.24. The molecule has 0 saturated carbocycles. The molecule has 0 aliphatic heterocycles. The van der Waals surface area contributed by atoms with Crippen molar-refractivity contribution in [1.29, 1.82) is 0 Å². The van der Waals surface area contributed by atoms with Gasteiger partial charge in [-0.3, -0.25) is 15.1 Å². The van der Waals surface area contributed by atoms with Crippen LogP contribution in [0, 0.1) is 10.1 Å². The highest BCUT2D eigenvalue weighted by Crippen LogP contribution is 2.25. The Morgan fingerprint density at radius 3 is 2.86 bits per heavy atom. The van der Waals surface area contributed by atoms with E-state index in [1.54, 1.807) is 6.20 Å². The fraction of sp³-hybridized carbons (Fsp3) is 0.286. The number of ether oxygens (including phenoxy) is 1. The van der Waals surface area contributed by atoms with Crippen LogP contribution in [0.1, 0.15) is 18.2 Å². The van der Waals surface area contributed by atoms with Gasteiger partial charge in [-0.1, -0.05) is 13.0 Å². The molecule has 0 radical (unpaired) electrons. The van der Waals surface area contributed by atoms with Gasteiger partial charge in [0.1, 0.15) is 0 Å². The van der Waals surface area contributed by atoms with E-state index in [0.717, 1.165) is 17.7 Å². The van der Waals surface area contributed by atoms with Gasteiger partial charge in [-0.15, -0.1) is 0 Å². The van der Waals surface area contributed by atoms with Crippen LogP contribution in [0.2, 0.25) is 0 Å². The number of nitrogens with one attached hydrogen (secondary N) is 1. The zero-order valence-corrected chi connectivity index (χ0v) is 11.9. The van der Waals surface area contributed by atoms with Gasteiger partial charge in [0.2, 0.25) is 11.7 Å². The van der Waals surface area contributed by atoms with Gasteiger partial charge in [0.05, 0.1) is 24.3 Å². The highest BCUT2D eigenvalue weighted by Gasteiger charge is 2.16. The highest BCUT2D eigenvalue weighted by molar-refractivity contribution is 5.57. The molecule has 21 heavy (non-hydrogen) atoms. The Kier molecular flexibility index (Phi) is 4.65. The summed E-state index contributed by atoms with van der Waals surface area (Å²) in [5.41, 5.74) is 1.85. The summed E-state index contributed by atoms with van der Waals surface area (Å²) in [7, 11) is 1.46. The molecule has 7 heteroatoms. The molecule has 2 heterocycles. The summed E-state index contributed by atoms with van der Waals surface area (Å²) in [4.78, 5) is 18.9. The predicted molar refractivity (Wildman–Crippen MR) is 78.4 cm³/mol. The molecule has 0 spiro atoms. The summed E-state index contributed by atoms with van der Waals surface area (Å²) in [6, 6.07) is 6.68. The Morgan fingerprint density at radius 2 is 2.19 bits per heavy atom. The zero-order chi connectivity index (χ0) is 15.2. The van der Waals surface area contributed by atoms with Gasteiger partial charge in [0, 0.05) is 18.3 Å². The van der Waals surface area contributed by atoms with E-state index in [0.29, 0.717) is 12.4 Å². The second-order valence-electron chi connectivity index (χ2n) is 4.29. The van der Waals surface area contributed by atoms with Gasteiger partial charge < -0.3 is 10.1 Å². The smallest absolute Gasteiger partial charge is 0.311 e. The van der Waals surface area contributed by atoms with Crippen LogP contribution in [0.3, 0.4) is 0 Å². The van der Waals surface area contributed by atoms with E-state index in [1.807, 2.05) is 19.1 Å². The SMILES string of the molecule is CCc1cccnc1CNc1nc(OC)ccc1[N+](=O)[O-]. The highest BCUT2D eigenvalue weighted by atomic mass is 16.6. The van der Waals surface area contributed by atoms with E-state index in [2.05, 4.69) is 15.3 Å². The molecule has 110 valence electrons. The third-order valence-electron chi connectivity index (χ3n) is 3.04. The molecule has 0 aliphatic carbocycles. The fourth-order valence-corrected chi connectivity index (χ4v) is 1.94. The van der Waals surface area contributed by atoms with Crippen LogP contribution in [0.5, 0.6) is 5.88 Å². The number of nitro groups is 1. The average molecular weight is 288 g/mol. The minimum Gasteiger partial charge on any atom is -0.481 e. The Morgan fingerprint density at radius 1 is 1.38 bits per heavy atom. The minimum absolute atomic E-state index is 0.0928. The number of rotatable bonds is 6. The lowest BCUT2D eigenvalue weighted by molar-refractivity contribution is -0.384. The van der Waals surface area contributed by atoms with Gasteiger partial charge in [-0.05, 0) is 18.1 Å². The maximum atomic E-state index is 11.0. The summed E-state index contributed by atoms with van der Waals surface area (Å²) in [5.74, 6) is 0.492. The first-order valence-corrected chi connectivity index (χ1v) is 6.51. The number of nitrogens with zero attached hydrogens (tertiary/aromatic N) is 3. The number of hydrogen-bond donors (Lipinski definition) is 1. The summed E-state index contributed by atoms with van der Waals surface area (Å²) >= 11 is 0. The van der Waals surface area contributed by atoms with Crippen molar-refractivity contribution in [3.05, 3.63) is 51.8 Å². The Labute approximate surface area is 122 Å². The van der Waals surface area contributed by atoms with E-state index in [9.17, 15) is 10.1 Å². The largest absolute Gasteiger partial charge is 0.481 e. The molecule has 0 saturated heterocycles. The lowest BCUT2D eigenvalue weighted by Gasteiger charge is -2.09. The molecule has 0 atom stereocenters. The third-order valence-corrected chi connectivity index (χ3v) is 3.04. The molecule has 0 unspecified atom stereocenters. The van der Waals surface area contributed by atoms with Crippen molar-refractivity contribution in [2.45, 2.75) is 19.9 Å². The molecule has 0 amide bonds. The quantitative estimate of drug-likeness (QED) is 0.649. The number of pyridine rings is 2. The van der Waals surface area contributed by atoms with Crippen LogP contribution in [-0.4, -0.2) is 22.0 Å². The van der Waals surface area contributed by atoms with Gasteiger partial charge in [0.25, 0.3) is 0 Å². The fourth-order valence-electron chi connectivity index (χ4n) is 1.94. The molecular weight excluding hydrogens is 272 g/mol. The number of anilines is 1. The molecular formula is C14H16N4O3. The van der Waals surface area contributed by atoms with Crippen molar-refractivity contribution in [2.24, 2.45) is 0 Å². The van der Waals surface area contributed by atoms with Crippen LogP contribution < -0.4 is 10.1 Å². The summed E-state index contributed by atoms with van der Waals surface area (Å²) in [6.45, 7) is 2.40. The molecule has 2 rings (SSSR count). The molecule has 1 N–H and O–H groups in total. The molecule has 2 aromatic rings. The minimum atomic E-state index is -0.478. The van der Waals surface area contributed by atoms with E-state index in [1.165, 1.54) is 19.2 Å².